The summed E-state index contributed by atoms with van der Waals surface area (Å²) in [5.74, 6) is -0.240. The number of piperidine rings is 1. The van der Waals surface area contributed by atoms with Crippen molar-refractivity contribution in [3.8, 4) is 0 Å². The number of carbonyl (C=O) groups is 2. The Hall–Kier alpha value is -2.83. The highest BCUT2D eigenvalue weighted by molar-refractivity contribution is 5.94. The van der Waals surface area contributed by atoms with Crippen molar-refractivity contribution in [2.24, 2.45) is 0 Å². The van der Waals surface area contributed by atoms with E-state index in [2.05, 4.69) is 15.7 Å². The van der Waals surface area contributed by atoms with Crippen molar-refractivity contribution in [2.45, 2.75) is 25.8 Å². The second-order valence-corrected chi connectivity index (χ2v) is 6.31. The molecule has 7 nitrogen and oxygen atoms in total. The Balaban J connectivity index is 1.48. The quantitative estimate of drug-likeness (QED) is 0.894. The maximum atomic E-state index is 12.3. The van der Waals surface area contributed by atoms with Crippen LogP contribution in [-0.4, -0.2) is 46.3 Å². The first kappa shape index (κ1) is 17.0. The van der Waals surface area contributed by atoms with Crippen LogP contribution in [0.4, 0.5) is 10.5 Å². The molecule has 0 radical (unpaired) electrons. The van der Waals surface area contributed by atoms with E-state index in [9.17, 15) is 9.59 Å². The minimum Gasteiger partial charge on any atom is -0.329 e. The number of anilines is 1. The molecule has 1 saturated heterocycles. The molecule has 7 heteroatoms. The second-order valence-electron chi connectivity index (χ2n) is 6.31. The minimum atomic E-state index is -0.240. The Kier molecular flexibility index (Phi) is 5.33. The molecular weight excluding hydrogens is 318 g/mol. The van der Waals surface area contributed by atoms with E-state index in [0.29, 0.717) is 18.8 Å². The van der Waals surface area contributed by atoms with Crippen molar-refractivity contribution in [2.75, 3.05) is 25.0 Å². The van der Waals surface area contributed by atoms with Crippen LogP contribution in [0.5, 0.6) is 0 Å². The van der Waals surface area contributed by atoms with Crippen LogP contribution in [-0.2, 0) is 4.79 Å². The van der Waals surface area contributed by atoms with Crippen molar-refractivity contribution >= 4 is 17.6 Å². The predicted molar refractivity (Wildman–Crippen MR) is 95.3 cm³/mol. The van der Waals surface area contributed by atoms with Crippen molar-refractivity contribution in [1.29, 1.82) is 0 Å². The van der Waals surface area contributed by atoms with Gasteiger partial charge in [0, 0.05) is 25.0 Å². The Labute approximate surface area is 147 Å². The van der Waals surface area contributed by atoms with Gasteiger partial charge < -0.3 is 15.5 Å². The van der Waals surface area contributed by atoms with Crippen LogP contribution in [0, 0.1) is 6.92 Å². The molecule has 132 valence electrons. The van der Waals surface area contributed by atoms with Crippen molar-refractivity contribution in [1.82, 2.24) is 20.0 Å². The Morgan fingerprint density at radius 3 is 2.80 bits per heavy atom. The van der Waals surface area contributed by atoms with Crippen LogP contribution in [0.3, 0.4) is 0 Å². The molecule has 1 atom stereocenters. The topological polar surface area (TPSA) is 79.3 Å². The first-order valence-electron chi connectivity index (χ1n) is 8.50. The average molecular weight is 341 g/mol. The molecule has 0 aliphatic carbocycles. The summed E-state index contributed by atoms with van der Waals surface area (Å²) in [5.41, 5.74) is 1.83. The van der Waals surface area contributed by atoms with Gasteiger partial charge in [-0.15, -0.1) is 0 Å². The Morgan fingerprint density at radius 2 is 2.08 bits per heavy atom. The molecule has 1 aliphatic rings. The molecule has 2 aromatic rings. The number of likely N-dealkylation sites (tertiary alicyclic amines) is 1. The molecule has 0 bridgehead atoms. The highest BCUT2D eigenvalue weighted by atomic mass is 16.2. The first-order chi connectivity index (χ1) is 12.1. The standard InChI is InChI=1S/C18H23N5O2/c1-14-10-20-23(12-14)16-8-5-9-22(13-16)18(25)19-11-17(24)21-15-6-3-2-4-7-15/h2-4,6-7,10,12,16H,5,8-9,11,13H2,1H3,(H,19,25)(H,21,24)/t16-/m1/s1. The number of hydrogen-bond acceptors (Lipinski definition) is 3. The molecule has 1 aliphatic heterocycles. The number of nitrogens with zero attached hydrogens (tertiary/aromatic N) is 3. The first-order valence-corrected chi connectivity index (χ1v) is 8.50. The van der Waals surface area contributed by atoms with Gasteiger partial charge in [-0.3, -0.25) is 9.48 Å². The summed E-state index contributed by atoms with van der Waals surface area (Å²) in [5, 5.41) is 9.79. The van der Waals surface area contributed by atoms with E-state index in [1.165, 1.54) is 0 Å². The van der Waals surface area contributed by atoms with E-state index >= 15 is 0 Å². The molecule has 1 aromatic carbocycles. The van der Waals surface area contributed by atoms with Crippen LogP contribution in [0.1, 0.15) is 24.4 Å². The van der Waals surface area contributed by atoms with Gasteiger partial charge in [0.2, 0.25) is 5.91 Å². The Bertz CT molecular complexity index is 728. The van der Waals surface area contributed by atoms with Crippen LogP contribution in [0.25, 0.3) is 0 Å². The van der Waals surface area contributed by atoms with Gasteiger partial charge in [-0.05, 0) is 37.5 Å². The van der Waals surface area contributed by atoms with E-state index in [1.54, 1.807) is 17.0 Å². The maximum Gasteiger partial charge on any atom is 0.317 e. The molecular formula is C18H23N5O2. The van der Waals surface area contributed by atoms with E-state index in [1.807, 2.05) is 42.2 Å². The summed E-state index contributed by atoms with van der Waals surface area (Å²) in [6.45, 7) is 3.26. The number of hydrogen-bond donors (Lipinski definition) is 2. The smallest absolute Gasteiger partial charge is 0.317 e. The lowest BCUT2D eigenvalue weighted by Gasteiger charge is -2.32. The largest absolute Gasteiger partial charge is 0.329 e. The number of aromatic nitrogens is 2. The maximum absolute atomic E-state index is 12.3. The van der Waals surface area contributed by atoms with Gasteiger partial charge in [0.15, 0.2) is 0 Å². The predicted octanol–water partition coefficient (Wildman–Crippen LogP) is 2.18. The fourth-order valence-corrected chi connectivity index (χ4v) is 2.98. The fourth-order valence-electron chi connectivity index (χ4n) is 2.98. The monoisotopic (exact) mass is 341 g/mol. The number of para-hydroxylation sites is 1. The summed E-state index contributed by atoms with van der Waals surface area (Å²) >= 11 is 0. The number of aryl methyl sites for hydroxylation is 1. The zero-order chi connectivity index (χ0) is 17.6. The lowest BCUT2D eigenvalue weighted by atomic mass is 10.1. The van der Waals surface area contributed by atoms with Crippen molar-refractivity contribution in [3.63, 3.8) is 0 Å². The summed E-state index contributed by atoms with van der Waals surface area (Å²) in [4.78, 5) is 26.0. The van der Waals surface area contributed by atoms with Gasteiger partial charge in [0.25, 0.3) is 0 Å². The van der Waals surface area contributed by atoms with E-state index in [0.717, 1.165) is 18.4 Å². The highest BCUT2D eigenvalue weighted by Crippen LogP contribution is 2.21. The molecule has 1 fully saturated rings. The number of urea groups is 1. The molecule has 0 saturated carbocycles. The molecule has 2 heterocycles. The summed E-state index contributed by atoms with van der Waals surface area (Å²) in [7, 11) is 0. The van der Waals surface area contributed by atoms with Crippen LogP contribution in [0.2, 0.25) is 0 Å². The molecule has 1 aromatic heterocycles. The third-order valence-corrected chi connectivity index (χ3v) is 4.25. The minimum absolute atomic E-state index is 0.0459. The number of benzene rings is 1. The zero-order valence-electron chi connectivity index (χ0n) is 14.3. The van der Waals surface area contributed by atoms with Crippen LogP contribution >= 0.6 is 0 Å². The van der Waals surface area contributed by atoms with Crippen LogP contribution in [0.15, 0.2) is 42.7 Å². The van der Waals surface area contributed by atoms with Crippen LogP contribution < -0.4 is 10.6 Å². The van der Waals surface area contributed by atoms with Gasteiger partial charge >= 0.3 is 6.03 Å². The summed E-state index contributed by atoms with van der Waals surface area (Å²) in [6.07, 6.45) is 5.75. The van der Waals surface area contributed by atoms with Gasteiger partial charge in [0.1, 0.15) is 0 Å². The van der Waals surface area contributed by atoms with Gasteiger partial charge in [0.05, 0.1) is 18.8 Å². The summed E-state index contributed by atoms with van der Waals surface area (Å²) in [6, 6.07) is 9.16. The van der Waals surface area contributed by atoms with Gasteiger partial charge in [-0.1, -0.05) is 18.2 Å². The number of rotatable bonds is 4. The van der Waals surface area contributed by atoms with Crippen molar-refractivity contribution < 1.29 is 9.59 Å². The SMILES string of the molecule is Cc1cnn([C@@H]2CCCN(C(=O)NCC(=O)Nc3ccccc3)C2)c1. The second kappa shape index (κ2) is 7.83. The lowest BCUT2D eigenvalue weighted by molar-refractivity contribution is -0.115. The number of amides is 3. The normalized spacial score (nSPS) is 17.2. The molecule has 3 rings (SSSR count). The van der Waals surface area contributed by atoms with Crippen molar-refractivity contribution in [3.05, 3.63) is 48.3 Å². The molecule has 3 amide bonds. The fraction of sp³-hybridized carbons (Fsp3) is 0.389. The third-order valence-electron chi connectivity index (χ3n) is 4.25. The zero-order valence-corrected chi connectivity index (χ0v) is 14.3. The van der Waals surface area contributed by atoms with E-state index in [4.69, 9.17) is 0 Å². The summed E-state index contributed by atoms with van der Waals surface area (Å²) < 4.78 is 1.93. The molecule has 0 unspecified atom stereocenters. The number of nitrogens with one attached hydrogen (secondary N) is 2. The molecule has 2 N–H and O–H groups in total. The number of carbonyl (C=O) groups excluding carboxylic acids is 2. The molecule has 25 heavy (non-hydrogen) atoms. The van der Waals surface area contributed by atoms with Gasteiger partial charge in [-0.2, -0.15) is 5.10 Å². The Morgan fingerprint density at radius 1 is 1.28 bits per heavy atom. The highest BCUT2D eigenvalue weighted by Gasteiger charge is 2.25. The van der Waals surface area contributed by atoms with E-state index < -0.39 is 0 Å². The lowest BCUT2D eigenvalue weighted by Crippen LogP contribution is -2.47. The molecule has 0 spiro atoms. The average Bonchev–Trinajstić information content (AvgIpc) is 3.07. The third kappa shape index (κ3) is 4.59. The van der Waals surface area contributed by atoms with E-state index in [-0.39, 0.29) is 24.5 Å². The van der Waals surface area contributed by atoms with Gasteiger partial charge in [-0.25, -0.2) is 4.79 Å².